The zero-order valence-corrected chi connectivity index (χ0v) is 11.5. The third-order valence-electron chi connectivity index (χ3n) is 2.36. The van der Waals surface area contributed by atoms with Crippen LogP contribution in [0.25, 0.3) is 0 Å². The third kappa shape index (κ3) is 5.59. The van der Waals surface area contributed by atoms with Crippen LogP contribution in [0.15, 0.2) is 11.4 Å². The Bertz CT molecular complexity index is 368. The number of carbonyl (C=O) groups excluding carboxylic acids is 1. The molecule has 0 radical (unpaired) electrons. The summed E-state index contributed by atoms with van der Waals surface area (Å²) in [7, 11) is 1.57. The summed E-state index contributed by atoms with van der Waals surface area (Å²) in [4.78, 5) is 12.1. The summed E-state index contributed by atoms with van der Waals surface area (Å²) in [5.41, 5.74) is 0.859. The van der Waals surface area contributed by atoms with Gasteiger partial charge in [-0.3, -0.25) is 4.79 Å². The van der Waals surface area contributed by atoms with Crippen molar-refractivity contribution < 1.29 is 14.6 Å². The van der Waals surface area contributed by atoms with Gasteiger partial charge in [-0.2, -0.15) is 0 Å². The highest BCUT2D eigenvalue weighted by atomic mass is 32.1. The largest absolute Gasteiger partial charge is 0.391 e. The maximum atomic E-state index is 11.0. The first kappa shape index (κ1) is 15.1. The molecule has 0 bridgehead atoms. The lowest BCUT2D eigenvalue weighted by Crippen LogP contribution is -2.23. The molecule has 6 heteroatoms. The van der Waals surface area contributed by atoms with Gasteiger partial charge in [0.15, 0.2) is 0 Å². The fourth-order valence-electron chi connectivity index (χ4n) is 1.52. The fraction of sp³-hybridized carbons (Fsp3) is 0.583. The average Bonchev–Trinajstić information content (AvgIpc) is 2.71. The first-order valence-corrected chi connectivity index (χ1v) is 6.73. The highest BCUT2D eigenvalue weighted by molar-refractivity contribution is 7.10. The highest BCUT2D eigenvalue weighted by Gasteiger charge is 2.06. The number of rotatable bonds is 8. The van der Waals surface area contributed by atoms with Crippen molar-refractivity contribution in [3.8, 4) is 0 Å². The quantitative estimate of drug-likeness (QED) is 0.622. The number of nitrogens with one attached hydrogen (secondary N) is 2. The smallest absolute Gasteiger partial charge is 0.221 e. The molecule has 0 saturated carbocycles. The number of carbonyl (C=O) groups is 1. The number of aliphatic hydroxyl groups excluding tert-OH is 1. The van der Waals surface area contributed by atoms with E-state index in [-0.39, 0.29) is 5.91 Å². The Labute approximate surface area is 111 Å². The minimum Gasteiger partial charge on any atom is -0.391 e. The van der Waals surface area contributed by atoms with Gasteiger partial charge in [0.2, 0.25) is 5.91 Å². The molecule has 1 aromatic heterocycles. The van der Waals surface area contributed by atoms with Crippen LogP contribution in [0.3, 0.4) is 0 Å². The Morgan fingerprint density at radius 1 is 1.61 bits per heavy atom. The van der Waals surface area contributed by atoms with Gasteiger partial charge in [0, 0.05) is 25.5 Å². The van der Waals surface area contributed by atoms with Gasteiger partial charge >= 0.3 is 0 Å². The van der Waals surface area contributed by atoms with Crippen LogP contribution in [0.2, 0.25) is 0 Å². The first-order chi connectivity index (χ1) is 8.63. The van der Waals surface area contributed by atoms with E-state index in [2.05, 4.69) is 10.6 Å². The Balaban J connectivity index is 2.27. The van der Waals surface area contributed by atoms with E-state index < -0.39 is 6.10 Å². The molecule has 102 valence electrons. The zero-order valence-electron chi connectivity index (χ0n) is 10.7. The van der Waals surface area contributed by atoms with Crippen LogP contribution in [0, 0.1) is 0 Å². The van der Waals surface area contributed by atoms with E-state index in [9.17, 15) is 9.90 Å². The molecule has 0 aliphatic heterocycles. The molecule has 1 heterocycles. The number of anilines is 1. The lowest BCUT2D eigenvalue weighted by molar-refractivity contribution is -0.114. The van der Waals surface area contributed by atoms with Crippen molar-refractivity contribution in [1.29, 1.82) is 0 Å². The molecular formula is C12H20N2O3S. The minimum atomic E-state index is -0.430. The number of hydrogen-bond donors (Lipinski definition) is 3. The monoisotopic (exact) mass is 272 g/mol. The number of thiophene rings is 1. The van der Waals surface area contributed by atoms with E-state index >= 15 is 0 Å². The molecule has 0 aliphatic rings. The molecule has 0 spiro atoms. The number of hydrogen-bond acceptors (Lipinski definition) is 5. The van der Waals surface area contributed by atoms with E-state index in [0.717, 1.165) is 10.6 Å². The predicted octanol–water partition coefficient (Wildman–Crippen LogP) is 1.19. The number of ether oxygens (including phenoxy) is 1. The maximum absolute atomic E-state index is 11.0. The molecule has 18 heavy (non-hydrogen) atoms. The predicted molar refractivity (Wildman–Crippen MR) is 72.8 cm³/mol. The van der Waals surface area contributed by atoms with E-state index in [4.69, 9.17) is 4.74 Å². The van der Waals surface area contributed by atoms with Gasteiger partial charge in [-0.25, -0.2) is 0 Å². The van der Waals surface area contributed by atoms with Crippen LogP contribution in [0.5, 0.6) is 0 Å². The lowest BCUT2D eigenvalue weighted by Gasteiger charge is -2.10. The second-order valence-electron chi connectivity index (χ2n) is 4.01. The Morgan fingerprint density at radius 3 is 3.06 bits per heavy atom. The summed E-state index contributed by atoms with van der Waals surface area (Å²) in [6.07, 6.45) is 0.218. The van der Waals surface area contributed by atoms with Crippen molar-refractivity contribution in [2.75, 3.05) is 25.6 Å². The zero-order chi connectivity index (χ0) is 13.4. The number of amides is 1. The molecule has 1 atom stereocenters. The molecular weight excluding hydrogens is 252 g/mol. The molecule has 1 amide bonds. The molecule has 1 unspecified atom stereocenters. The summed E-state index contributed by atoms with van der Waals surface area (Å²) in [5, 5.41) is 17.4. The van der Waals surface area contributed by atoms with Gasteiger partial charge in [0.05, 0.1) is 18.4 Å². The van der Waals surface area contributed by atoms with Gasteiger partial charge in [0.25, 0.3) is 0 Å². The fourth-order valence-corrected chi connectivity index (χ4v) is 2.32. The van der Waals surface area contributed by atoms with Crippen molar-refractivity contribution in [2.24, 2.45) is 0 Å². The van der Waals surface area contributed by atoms with Gasteiger partial charge in [-0.15, -0.1) is 11.3 Å². The molecule has 1 rings (SSSR count). The van der Waals surface area contributed by atoms with Crippen LogP contribution >= 0.6 is 11.3 Å². The Kier molecular flexibility index (Phi) is 6.89. The third-order valence-corrected chi connectivity index (χ3v) is 3.28. The molecule has 1 aromatic rings. The molecule has 3 N–H and O–H groups in total. The molecule has 0 aliphatic carbocycles. The highest BCUT2D eigenvalue weighted by Crippen LogP contribution is 2.21. The van der Waals surface area contributed by atoms with E-state index in [1.807, 2.05) is 11.4 Å². The van der Waals surface area contributed by atoms with Crippen LogP contribution in [0.1, 0.15) is 18.2 Å². The number of aliphatic hydroxyl groups is 1. The Hall–Kier alpha value is -0.950. The van der Waals surface area contributed by atoms with Crippen LogP contribution in [-0.4, -0.2) is 37.4 Å². The summed E-state index contributed by atoms with van der Waals surface area (Å²) in [6, 6.07) is 1.89. The standard InChI is InChI=1S/C12H20N2O3S/c1-9(15)14-11-4-6-18-12(11)7-13-5-3-10(16)8-17-2/h4,6,10,13,16H,3,5,7-8H2,1-2H3,(H,14,15). The topological polar surface area (TPSA) is 70.6 Å². The van der Waals surface area contributed by atoms with Gasteiger partial charge < -0.3 is 20.5 Å². The van der Waals surface area contributed by atoms with Crippen molar-refractivity contribution >= 4 is 22.9 Å². The molecule has 5 nitrogen and oxygen atoms in total. The van der Waals surface area contributed by atoms with Crippen molar-refractivity contribution in [3.63, 3.8) is 0 Å². The summed E-state index contributed by atoms with van der Waals surface area (Å²) in [6.45, 7) is 3.25. The van der Waals surface area contributed by atoms with Gasteiger partial charge in [0.1, 0.15) is 0 Å². The van der Waals surface area contributed by atoms with Crippen molar-refractivity contribution in [1.82, 2.24) is 5.32 Å². The van der Waals surface area contributed by atoms with Crippen LogP contribution < -0.4 is 10.6 Å². The average molecular weight is 272 g/mol. The summed E-state index contributed by atoms with van der Waals surface area (Å²) in [5.74, 6) is -0.0647. The molecule has 0 aromatic carbocycles. The van der Waals surface area contributed by atoms with Crippen LogP contribution in [0.4, 0.5) is 5.69 Å². The maximum Gasteiger partial charge on any atom is 0.221 e. The SMILES string of the molecule is COCC(O)CCNCc1sccc1NC(C)=O. The van der Waals surface area contributed by atoms with E-state index in [0.29, 0.717) is 26.1 Å². The second kappa shape index (κ2) is 8.20. The number of methoxy groups -OCH3 is 1. The minimum absolute atomic E-state index is 0.0647. The van der Waals surface area contributed by atoms with Crippen LogP contribution in [-0.2, 0) is 16.1 Å². The molecule has 0 saturated heterocycles. The lowest BCUT2D eigenvalue weighted by atomic mass is 10.2. The summed E-state index contributed by atoms with van der Waals surface area (Å²) >= 11 is 1.60. The molecule has 0 fully saturated rings. The summed E-state index contributed by atoms with van der Waals surface area (Å²) < 4.78 is 4.85. The van der Waals surface area contributed by atoms with Crippen molar-refractivity contribution in [3.05, 3.63) is 16.3 Å². The van der Waals surface area contributed by atoms with Crippen molar-refractivity contribution in [2.45, 2.75) is 26.0 Å². The van der Waals surface area contributed by atoms with Gasteiger partial charge in [-0.1, -0.05) is 0 Å². The van der Waals surface area contributed by atoms with Gasteiger partial charge in [-0.05, 0) is 24.4 Å². The van der Waals surface area contributed by atoms with E-state index in [1.54, 1.807) is 18.4 Å². The Morgan fingerprint density at radius 2 is 2.39 bits per heavy atom. The van der Waals surface area contributed by atoms with E-state index in [1.165, 1.54) is 6.92 Å². The first-order valence-electron chi connectivity index (χ1n) is 5.85. The second-order valence-corrected chi connectivity index (χ2v) is 5.01. The normalized spacial score (nSPS) is 12.4.